The molecule has 0 aliphatic carbocycles. The van der Waals surface area contributed by atoms with Crippen molar-refractivity contribution in [1.29, 1.82) is 0 Å². The summed E-state index contributed by atoms with van der Waals surface area (Å²) in [6, 6.07) is 0.541. The van der Waals surface area contributed by atoms with E-state index in [4.69, 9.17) is 4.98 Å². The van der Waals surface area contributed by atoms with Crippen LogP contribution >= 0.6 is 23.1 Å². The molecule has 2 unspecified atom stereocenters. The molecule has 2 rings (SSSR count). The lowest BCUT2D eigenvalue weighted by Crippen LogP contribution is -2.46. The van der Waals surface area contributed by atoms with E-state index in [1.54, 1.807) is 0 Å². The number of thioether (sulfide) groups is 1. The van der Waals surface area contributed by atoms with Crippen molar-refractivity contribution in [2.75, 3.05) is 12.3 Å². The largest absolute Gasteiger partial charge is 0.312 e. The summed E-state index contributed by atoms with van der Waals surface area (Å²) in [5.41, 5.74) is 1.39. The van der Waals surface area contributed by atoms with Crippen LogP contribution in [-0.4, -0.2) is 28.1 Å². The Hall–Kier alpha value is -0.0600. The predicted octanol–water partition coefficient (Wildman–Crippen LogP) is 4.25. The molecule has 20 heavy (non-hydrogen) atoms. The minimum absolute atomic E-state index is 0.161. The van der Waals surface area contributed by atoms with Crippen LogP contribution in [0, 0.1) is 0 Å². The number of likely N-dealkylation sites (N-methyl/N-ethyl adjacent to an activating group) is 1. The van der Waals surface area contributed by atoms with Crippen LogP contribution in [0.25, 0.3) is 0 Å². The fraction of sp³-hybridized carbons (Fsp3) is 0.812. The molecule has 2 heterocycles. The van der Waals surface area contributed by atoms with Gasteiger partial charge in [-0.05, 0) is 32.1 Å². The predicted molar refractivity (Wildman–Crippen MR) is 92.1 cm³/mol. The van der Waals surface area contributed by atoms with Crippen LogP contribution in [0.15, 0.2) is 5.38 Å². The van der Waals surface area contributed by atoms with Crippen molar-refractivity contribution in [2.24, 2.45) is 0 Å². The lowest BCUT2D eigenvalue weighted by Gasteiger charge is -2.33. The Morgan fingerprint density at radius 1 is 1.45 bits per heavy atom. The van der Waals surface area contributed by atoms with Crippen LogP contribution in [0.1, 0.15) is 58.2 Å². The van der Waals surface area contributed by atoms with Crippen molar-refractivity contribution < 1.29 is 0 Å². The molecule has 4 heteroatoms. The summed E-state index contributed by atoms with van der Waals surface area (Å²) in [4.78, 5) is 4.88. The average molecular weight is 313 g/mol. The number of nitrogens with one attached hydrogen (secondary N) is 1. The maximum Gasteiger partial charge on any atom is 0.0944 e. The molecule has 2 nitrogen and oxygen atoms in total. The summed E-state index contributed by atoms with van der Waals surface area (Å²) in [6.07, 6.45) is 3.75. The Bertz CT molecular complexity index is 428. The molecule has 1 aliphatic heterocycles. The third-order valence-electron chi connectivity index (χ3n) is 4.14. The highest BCUT2D eigenvalue weighted by molar-refractivity contribution is 8.00. The molecule has 0 saturated carbocycles. The van der Waals surface area contributed by atoms with Gasteiger partial charge >= 0.3 is 0 Å². The third-order valence-corrected chi connectivity index (χ3v) is 6.65. The number of rotatable bonds is 5. The summed E-state index contributed by atoms with van der Waals surface area (Å²) >= 11 is 3.97. The molecule has 0 bridgehead atoms. The first-order chi connectivity index (χ1) is 9.35. The standard InChI is InChI=1S/C16H28N2S2/c1-6-17-12(16(5)8-7-9-20-16)10-14-18-13(11-19-14)15(2,3)4/h11-12,17H,6-10H2,1-5H3. The summed E-state index contributed by atoms with van der Waals surface area (Å²) in [5, 5.41) is 7.23. The summed E-state index contributed by atoms with van der Waals surface area (Å²) in [5.74, 6) is 1.31. The monoisotopic (exact) mass is 312 g/mol. The molecule has 2 atom stereocenters. The van der Waals surface area contributed by atoms with E-state index < -0.39 is 0 Å². The Morgan fingerprint density at radius 3 is 2.70 bits per heavy atom. The van der Waals surface area contributed by atoms with Crippen molar-refractivity contribution in [1.82, 2.24) is 10.3 Å². The third kappa shape index (κ3) is 3.77. The lowest BCUT2D eigenvalue weighted by atomic mass is 9.92. The molecular formula is C16H28N2S2. The molecule has 114 valence electrons. The molecule has 0 spiro atoms. The quantitative estimate of drug-likeness (QED) is 0.880. The van der Waals surface area contributed by atoms with Crippen LogP contribution in [0.2, 0.25) is 0 Å². The summed E-state index contributed by atoms with van der Waals surface area (Å²) in [7, 11) is 0. The highest BCUT2D eigenvalue weighted by Crippen LogP contribution is 2.41. The van der Waals surface area contributed by atoms with Crippen molar-refractivity contribution in [3.63, 3.8) is 0 Å². The second-order valence-corrected chi connectivity index (χ2v) is 9.53. The second-order valence-electron chi connectivity index (χ2n) is 6.96. The van der Waals surface area contributed by atoms with E-state index in [1.807, 2.05) is 11.3 Å². The summed E-state index contributed by atoms with van der Waals surface area (Å²) in [6.45, 7) is 12.4. The van der Waals surface area contributed by atoms with Crippen LogP contribution in [0.3, 0.4) is 0 Å². The molecule has 0 aromatic carbocycles. The maximum atomic E-state index is 4.88. The van der Waals surface area contributed by atoms with Gasteiger partial charge in [0.1, 0.15) is 0 Å². The van der Waals surface area contributed by atoms with Crippen LogP contribution in [0.4, 0.5) is 0 Å². The van der Waals surface area contributed by atoms with E-state index in [2.05, 4.69) is 57.1 Å². The maximum absolute atomic E-state index is 4.88. The van der Waals surface area contributed by atoms with Crippen molar-refractivity contribution >= 4 is 23.1 Å². The molecule has 1 aromatic rings. The van der Waals surface area contributed by atoms with Gasteiger partial charge in [-0.1, -0.05) is 27.7 Å². The van der Waals surface area contributed by atoms with E-state index in [-0.39, 0.29) is 5.41 Å². The van der Waals surface area contributed by atoms with Crippen molar-refractivity contribution in [3.8, 4) is 0 Å². The van der Waals surface area contributed by atoms with Gasteiger partial charge in [0.25, 0.3) is 0 Å². The first-order valence-corrected chi connectivity index (χ1v) is 9.54. The SMILES string of the molecule is CCNC(Cc1nc(C(C)(C)C)cs1)C1(C)CCCS1. The topological polar surface area (TPSA) is 24.9 Å². The van der Waals surface area contributed by atoms with Gasteiger partial charge in [0.05, 0.1) is 10.7 Å². The van der Waals surface area contributed by atoms with Crippen LogP contribution in [-0.2, 0) is 11.8 Å². The highest BCUT2D eigenvalue weighted by Gasteiger charge is 2.37. The highest BCUT2D eigenvalue weighted by atomic mass is 32.2. The Balaban J connectivity index is 2.10. The normalized spacial score (nSPS) is 25.1. The number of hydrogen-bond acceptors (Lipinski definition) is 4. The molecular weight excluding hydrogens is 284 g/mol. The zero-order chi connectivity index (χ0) is 14.8. The molecule has 1 fully saturated rings. The molecule has 1 N–H and O–H groups in total. The summed E-state index contributed by atoms with van der Waals surface area (Å²) < 4.78 is 0.379. The fourth-order valence-corrected chi connectivity index (χ4v) is 5.23. The van der Waals surface area contributed by atoms with Gasteiger partial charge in [0, 0.05) is 28.0 Å². The van der Waals surface area contributed by atoms with E-state index in [1.165, 1.54) is 29.3 Å². The first-order valence-electron chi connectivity index (χ1n) is 7.67. The average Bonchev–Trinajstić information content (AvgIpc) is 2.97. The first kappa shape index (κ1) is 16.3. The van der Waals surface area contributed by atoms with Gasteiger partial charge in [0.2, 0.25) is 0 Å². The van der Waals surface area contributed by atoms with Crippen molar-refractivity contribution in [2.45, 2.75) is 70.1 Å². The van der Waals surface area contributed by atoms with Crippen LogP contribution < -0.4 is 5.32 Å². The number of nitrogens with zero attached hydrogens (tertiary/aromatic N) is 1. The van der Waals surface area contributed by atoms with Crippen molar-refractivity contribution in [3.05, 3.63) is 16.1 Å². The molecule has 1 aromatic heterocycles. The minimum Gasteiger partial charge on any atom is -0.312 e. The van der Waals surface area contributed by atoms with Crippen LogP contribution in [0.5, 0.6) is 0 Å². The van der Waals surface area contributed by atoms with E-state index in [0.717, 1.165) is 13.0 Å². The Morgan fingerprint density at radius 2 is 2.20 bits per heavy atom. The van der Waals surface area contributed by atoms with E-state index in [0.29, 0.717) is 10.8 Å². The fourth-order valence-electron chi connectivity index (χ4n) is 2.75. The molecule has 1 aliphatic rings. The van der Waals surface area contributed by atoms with Gasteiger partial charge in [-0.15, -0.1) is 11.3 Å². The lowest BCUT2D eigenvalue weighted by molar-refractivity contribution is 0.405. The van der Waals surface area contributed by atoms with E-state index >= 15 is 0 Å². The Labute approximate surface area is 132 Å². The number of thiazole rings is 1. The zero-order valence-corrected chi connectivity index (χ0v) is 15.1. The molecule has 0 radical (unpaired) electrons. The molecule has 1 saturated heterocycles. The zero-order valence-electron chi connectivity index (χ0n) is 13.5. The van der Waals surface area contributed by atoms with Gasteiger partial charge in [-0.2, -0.15) is 11.8 Å². The molecule has 0 amide bonds. The van der Waals surface area contributed by atoms with Gasteiger partial charge < -0.3 is 5.32 Å². The van der Waals surface area contributed by atoms with E-state index in [9.17, 15) is 0 Å². The Kier molecular flexibility index (Phi) is 5.19. The van der Waals surface area contributed by atoms with Gasteiger partial charge in [-0.3, -0.25) is 0 Å². The number of aromatic nitrogens is 1. The van der Waals surface area contributed by atoms with Gasteiger partial charge in [0.15, 0.2) is 0 Å². The number of hydrogen-bond donors (Lipinski definition) is 1. The smallest absolute Gasteiger partial charge is 0.0944 e. The van der Waals surface area contributed by atoms with Gasteiger partial charge in [-0.25, -0.2) is 4.98 Å². The second kappa shape index (κ2) is 6.37. The minimum atomic E-state index is 0.161.